The van der Waals surface area contributed by atoms with Crippen molar-refractivity contribution in [1.82, 2.24) is 14.2 Å². The molecule has 17 heavy (non-hydrogen) atoms. The third kappa shape index (κ3) is 2.49. The van der Waals surface area contributed by atoms with E-state index >= 15 is 0 Å². The number of halogens is 1. The quantitative estimate of drug-likeness (QED) is 0.775. The summed E-state index contributed by atoms with van der Waals surface area (Å²) in [7, 11) is 0. The first kappa shape index (κ1) is 12.1. The van der Waals surface area contributed by atoms with Gasteiger partial charge in [0.2, 0.25) is 0 Å². The van der Waals surface area contributed by atoms with E-state index in [0.29, 0.717) is 23.8 Å². The number of pyridine rings is 1. The van der Waals surface area contributed by atoms with Gasteiger partial charge in [0.1, 0.15) is 0 Å². The molecule has 92 valence electrons. The van der Waals surface area contributed by atoms with Gasteiger partial charge in [-0.3, -0.25) is 0 Å². The fourth-order valence-corrected chi connectivity index (χ4v) is 1.67. The Morgan fingerprint density at radius 3 is 3.00 bits per heavy atom. The molecule has 0 radical (unpaired) electrons. The van der Waals surface area contributed by atoms with Crippen molar-refractivity contribution in [2.24, 2.45) is 0 Å². The molecule has 2 aromatic heterocycles. The first-order valence-electron chi connectivity index (χ1n) is 5.16. The summed E-state index contributed by atoms with van der Waals surface area (Å²) in [5.41, 5.74) is 0.177. The van der Waals surface area contributed by atoms with Gasteiger partial charge in [0.15, 0.2) is 5.65 Å². The number of hydrogen-bond acceptors (Lipinski definition) is 4. The second kappa shape index (κ2) is 5.31. The Labute approximate surface area is 102 Å². The Bertz CT molecular complexity index is 563. The second-order valence-corrected chi connectivity index (χ2v) is 3.80. The van der Waals surface area contributed by atoms with Crippen molar-refractivity contribution in [1.29, 1.82) is 0 Å². The van der Waals surface area contributed by atoms with E-state index in [4.69, 9.17) is 21.4 Å². The van der Waals surface area contributed by atoms with Crippen molar-refractivity contribution in [3.63, 3.8) is 0 Å². The predicted molar refractivity (Wildman–Crippen MR) is 62.4 cm³/mol. The molecule has 0 aromatic carbocycles. The van der Waals surface area contributed by atoms with Crippen LogP contribution >= 0.6 is 11.6 Å². The molecule has 0 bridgehead atoms. The molecule has 7 heteroatoms. The minimum atomic E-state index is -0.255. The minimum Gasteiger partial charge on any atom is -0.394 e. The van der Waals surface area contributed by atoms with E-state index in [0.717, 1.165) is 0 Å². The Hall–Kier alpha value is -1.37. The van der Waals surface area contributed by atoms with Gasteiger partial charge < -0.3 is 9.84 Å². The van der Waals surface area contributed by atoms with E-state index in [1.54, 1.807) is 18.3 Å². The zero-order valence-electron chi connectivity index (χ0n) is 9.04. The molecule has 2 rings (SSSR count). The summed E-state index contributed by atoms with van der Waals surface area (Å²) in [5.74, 6) is 0. The smallest absolute Gasteiger partial charge is 0.350 e. The standard InChI is InChI=1S/C10H12ClN3O3/c11-8-2-1-3-13-9(8)12-14(10(13)16)4-6-17-7-5-15/h1-3,15H,4-7H2. The van der Waals surface area contributed by atoms with Gasteiger partial charge in [-0.2, -0.15) is 0 Å². The highest BCUT2D eigenvalue weighted by molar-refractivity contribution is 6.33. The van der Waals surface area contributed by atoms with Crippen molar-refractivity contribution in [2.75, 3.05) is 19.8 Å². The number of nitrogens with zero attached hydrogens (tertiary/aromatic N) is 3. The van der Waals surface area contributed by atoms with Gasteiger partial charge in [0.25, 0.3) is 0 Å². The Morgan fingerprint density at radius 1 is 1.47 bits per heavy atom. The van der Waals surface area contributed by atoms with Gasteiger partial charge in [0.05, 0.1) is 31.4 Å². The van der Waals surface area contributed by atoms with Crippen molar-refractivity contribution >= 4 is 17.2 Å². The fourth-order valence-electron chi connectivity index (χ4n) is 1.47. The Morgan fingerprint density at radius 2 is 2.29 bits per heavy atom. The molecular weight excluding hydrogens is 246 g/mol. The van der Waals surface area contributed by atoms with Crippen LogP contribution in [0, 0.1) is 0 Å². The molecule has 0 fully saturated rings. The van der Waals surface area contributed by atoms with Crippen LogP contribution in [0.15, 0.2) is 23.1 Å². The van der Waals surface area contributed by atoms with Crippen molar-refractivity contribution in [3.05, 3.63) is 33.8 Å². The van der Waals surface area contributed by atoms with Gasteiger partial charge in [-0.1, -0.05) is 11.6 Å². The number of aromatic nitrogens is 3. The highest BCUT2D eigenvalue weighted by atomic mass is 35.5. The first-order chi connectivity index (χ1) is 8.24. The van der Waals surface area contributed by atoms with Gasteiger partial charge in [-0.15, -0.1) is 5.10 Å². The van der Waals surface area contributed by atoms with E-state index in [9.17, 15) is 4.79 Å². The molecular formula is C10H12ClN3O3. The SMILES string of the molecule is O=c1n(CCOCCO)nc2c(Cl)cccn12. The minimum absolute atomic E-state index is 0.0358. The Balaban J connectivity index is 2.21. The largest absolute Gasteiger partial charge is 0.394 e. The number of ether oxygens (including phenoxy) is 1. The highest BCUT2D eigenvalue weighted by Crippen LogP contribution is 2.12. The summed E-state index contributed by atoms with van der Waals surface area (Å²) in [6.45, 7) is 0.869. The average Bonchev–Trinajstić information content (AvgIpc) is 2.65. The number of rotatable bonds is 5. The molecule has 0 saturated heterocycles. The fraction of sp³-hybridized carbons (Fsp3) is 0.400. The van der Waals surface area contributed by atoms with Crippen LogP contribution in [0.2, 0.25) is 5.02 Å². The average molecular weight is 258 g/mol. The molecule has 0 amide bonds. The normalized spacial score (nSPS) is 11.2. The molecule has 1 N–H and O–H groups in total. The summed E-state index contributed by atoms with van der Waals surface area (Å²) in [5, 5.41) is 13.1. The van der Waals surface area contributed by atoms with E-state index in [1.165, 1.54) is 9.08 Å². The summed E-state index contributed by atoms with van der Waals surface area (Å²) < 4.78 is 7.75. The van der Waals surface area contributed by atoms with Crippen LogP contribution in [0.1, 0.15) is 0 Å². The van der Waals surface area contributed by atoms with E-state index in [-0.39, 0.29) is 18.9 Å². The monoisotopic (exact) mass is 257 g/mol. The molecule has 0 aliphatic carbocycles. The van der Waals surface area contributed by atoms with E-state index < -0.39 is 0 Å². The molecule has 6 nitrogen and oxygen atoms in total. The zero-order valence-corrected chi connectivity index (χ0v) is 9.80. The van der Waals surface area contributed by atoms with Crippen LogP contribution in [-0.2, 0) is 11.3 Å². The number of aliphatic hydroxyl groups is 1. The van der Waals surface area contributed by atoms with Crippen molar-refractivity contribution < 1.29 is 9.84 Å². The van der Waals surface area contributed by atoms with Crippen LogP contribution in [0.3, 0.4) is 0 Å². The molecule has 0 saturated carbocycles. The summed E-state index contributed by atoms with van der Waals surface area (Å²) in [4.78, 5) is 11.8. The van der Waals surface area contributed by atoms with Crippen LogP contribution in [0.5, 0.6) is 0 Å². The third-order valence-corrected chi connectivity index (χ3v) is 2.54. The van der Waals surface area contributed by atoms with Gasteiger partial charge in [-0.05, 0) is 12.1 Å². The highest BCUT2D eigenvalue weighted by Gasteiger charge is 2.08. The maximum Gasteiger partial charge on any atom is 0.350 e. The first-order valence-corrected chi connectivity index (χ1v) is 5.54. The molecule has 0 spiro atoms. The van der Waals surface area contributed by atoms with Crippen molar-refractivity contribution in [3.8, 4) is 0 Å². The summed E-state index contributed by atoms with van der Waals surface area (Å²) >= 11 is 5.93. The maximum absolute atomic E-state index is 11.8. The summed E-state index contributed by atoms with van der Waals surface area (Å²) in [6, 6.07) is 3.36. The molecule has 0 aliphatic heterocycles. The van der Waals surface area contributed by atoms with Gasteiger partial charge in [-0.25, -0.2) is 13.9 Å². The molecule has 0 unspecified atom stereocenters. The van der Waals surface area contributed by atoms with Crippen LogP contribution in [-0.4, -0.2) is 39.1 Å². The van der Waals surface area contributed by atoms with Gasteiger partial charge >= 0.3 is 5.69 Å². The second-order valence-electron chi connectivity index (χ2n) is 3.39. The van der Waals surface area contributed by atoms with Crippen molar-refractivity contribution in [2.45, 2.75) is 6.54 Å². The number of aliphatic hydroxyl groups excluding tert-OH is 1. The lowest BCUT2D eigenvalue weighted by Crippen LogP contribution is -2.23. The van der Waals surface area contributed by atoms with Crippen LogP contribution < -0.4 is 5.69 Å². The molecule has 0 atom stereocenters. The summed E-state index contributed by atoms with van der Waals surface area (Å²) in [6.07, 6.45) is 1.61. The maximum atomic E-state index is 11.8. The zero-order chi connectivity index (χ0) is 12.3. The Kier molecular flexibility index (Phi) is 3.78. The van der Waals surface area contributed by atoms with E-state index in [1.807, 2.05) is 0 Å². The topological polar surface area (TPSA) is 68.8 Å². The lowest BCUT2D eigenvalue weighted by atomic mass is 10.5. The third-order valence-electron chi connectivity index (χ3n) is 2.24. The van der Waals surface area contributed by atoms with Gasteiger partial charge in [0, 0.05) is 6.20 Å². The molecule has 2 aromatic rings. The van der Waals surface area contributed by atoms with E-state index in [2.05, 4.69) is 5.10 Å². The predicted octanol–water partition coefficient (Wildman–Crippen LogP) is 0.158. The lowest BCUT2D eigenvalue weighted by Gasteiger charge is -2.00. The lowest BCUT2D eigenvalue weighted by molar-refractivity contribution is 0.0849. The van der Waals surface area contributed by atoms with Crippen LogP contribution in [0.4, 0.5) is 0 Å². The number of fused-ring (bicyclic) bond motifs is 1. The molecule has 0 aliphatic rings. The van der Waals surface area contributed by atoms with Crippen LogP contribution in [0.25, 0.3) is 5.65 Å². The molecule has 2 heterocycles. The number of hydrogen-bond donors (Lipinski definition) is 1.